The van der Waals surface area contributed by atoms with Crippen LogP contribution in [0.15, 0.2) is 6.20 Å². The zero-order valence-electron chi connectivity index (χ0n) is 11.0. The summed E-state index contributed by atoms with van der Waals surface area (Å²) in [6.07, 6.45) is 5.88. The minimum atomic E-state index is -0.531. The van der Waals surface area contributed by atoms with Crippen LogP contribution in [0.25, 0.3) is 0 Å². The molecule has 1 saturated heterocycles. The normalized spacial score (nSPS) is 24.6. The van der Waals surface area contributed by atoms with E-state index in [0.717, 1.165) is 38.7 Å². The summed E-state index contributed by atoms with van der Waals surface area (Å²) in [6, 6.07) is 0. The molecule has 1 atom stereocenters. The van der Waals surface area contributed by atoms with Crippen molar-refractivity contribution in [2.24, 2.45) is 0 Å². The maximum absolute atomic E-state index is 10.7. The van der Waals surface area contributed by atoms with Gasteiger partial charge >= 0.3 is 5.69 Å². The van der Waals surface area contributed by atoms with Crippen molar-refractivity contribution < 1.29 is 14.4 Å². The van der Waals surface area contributed by atoms with Crippen molar-refractivity contribution in [3.05, 3.63) is 21.5 Å². The van der Waals surface area contributed by atoms with Gasteiger partial charge in [0.2, 0.25) is 5.15 Å². The lowest BCUT2D eigenvalue weighted by atomic mass is 10.2. The quantitative estimate of drug-likeness (QED) is 0.616. The Morgan fingerprint density at radius 2 is 2.40 bits per heavy atom. The molecule has 1 aromatic rings. The molecule has 0 radical (unpaired) electrons. The molecule has 0 aromatic carbocycles. The number of rotatable bonds is 5. The first-order chi connectivity index (χ1) is 9.60. The molecular formula is C12H16ClN3O4. The van der Waals surface area contributed by atoms with Crippen molar-refractivity contribution in [3.63, 3.8) is 0 Å². The second-order valence-corrected chi connectivity index (χ2v) is 5.69. The Balaban J connectivity index is 1.66. The Kier molecular flexibility index (Phi) is 3.66. The van der Waals surface area contributed by atoms with E-state index in [1.807, 2.05) is 0 Å². The molecule has 1 aromatic heterocycles. The summed E-state index contributed by atoms with van der Waals surface area (Å²) in [7, 11) is 0. The Labute approximate surface area is 120 Å². The van der Waals surface area contributed by atoms with E-state index in [4.69, 9.17) is 21.1 Å². The van der Waals surface area contributed by atoms with Gasteiger partial charge in [0.15, 0.2) is 6.29 Å². The van der Waals surface area contributed by atoms with E-state index in [1.165, 1.54) is 10.9 Å². The molecule has 1 unspecified atom stereocenters. The van der Waals surface area contributed by atoms with Gasteiger partial charge in [0.25, 0.3) is 0 Å². The Bertz CT molecular complexity index is 509. The third-order valence-electron chi connectivity index (χ3n) is 3.72. The molecule has 1 aliphatic heterocycles. The van der Waals surface area contributed by atoms with Crippen LogP contribution in [-0.4, -0.2) is 33.2 Å². The van der Waals surface area contributed by atoms with Crippen LogP contribution in [-0.2, 0) is 16.0 Å². The maximum atomic E-state index is 10.7. The van der Waals surface area contributed by atoms with Crippen LogP contribution < -0.4 is 0 Å². The van der Waals surface area contributed by atoms with E-state index in [9.17, 15) is 10.1 Å². The largest absolute Gasteiger partial charge is 0.353 e. The summed E-state index contributed by atoms with van der Waals surface area (Å²) in [5.74, 6) is 0. The predicted molar refractivity (Wildman–Crippen MR) is 70.5 cm³/mol. The molecule has 0 spiro atoms. The van der Waals surface area contributed by atoms with E-state index >= 15 is 0 Å². The summed E-state index contributed by atoms with van der Waals surface area (Å²) >= 11 is 5.97. The van der Waals surface area contributed by atoms with Gasteiger partial charge in [0.1, 0.15) is 6.20 Å². The first-order valence-electron chi connectivity index (χ1n) is 6.75. The summed E-state index contributed by atoms with van der Waals surface area (Å²) < 4.78 is 13.0. The first kappa shape index (κ1) is 13.8. The molecule has 3 rings (SSSR count). The molecule has 8 heteroatoms. The predicted octanol–water partition coefficient (Wildman–Crippen LogP) is 2.52. The molecule has 7 nitrogen and oxygen atoms in total. The van der Waals surface area contributed by atoms with Crippen LogP contribution in [0, 0.1) is 10.1 Å². The molecule has 0 amide bonds. The van der Waals surface area contributed by atoms with Crippen LogP contribution in [0.4, 0.5) is 5.69 Å². The van der Waals surface area contributed by atoms with Crippen molar-refractivity contribution in [1.29, 1.82) is 0 Å². The van der Waals surface area contributed by atoms with E-state index in [1.54, 1.807) is 0 Å². The summed E-state index contributed by atoms with van der Waals surface area (Å²) in [4.78, 5) is 10.2. The topological polar surface area (TPSA) is 79.4 Å². The van der Waals surface area contributed by atoms with Gasteiger partial charge < -0.3 is 9.47 Å². The highest BCUT2D eigenvalue weighted by Crippen LogP contribution is 2.44. The number of ether oxygens (including phenoxy) is 2. The fraction of sp³-hybridized carbons (Fsp3) is 0.750. The highest BCUT2D eigenvalue weighted by molar-refractivity contribution is 6.31. The lowest BCUT2D eigenvalue weighted by Gasteiger charge is -2.27. The van der Waals surface area contributed by atoms with Crippen LogP contribution in [0.2, 0.25) is 5.15 Å². The van der Waals surface area contributed by atoms with Crippen molar-refractivity contribution in [3.8, 4) is 0 Å². The van der Waals surface area contributed by atoms with Gasteiger partial charge in [0.05, 0.1) is 17.1 Å². The van der Waals surface area contributed by atoms with Gasteiger partial charge in [-0.25, -0.2) is 4.68 Å². The summed E-state index contributed by atoms with van der Waals surface area (Å²) in [5.41, 5.74) is -0.498. The molecule has 2 aliphatic rings. The molecule has 1 saturated carbocycles. The third kappa shape index (κ3) is 2.79. The number of aromatic nitrogens is 2. The van der Waals surface area contributed by atoms with E-state index in [0.29, 0.717) is 6.54 Å². The smallest absolute Gasteiger partial charge is 0.325 e. The van der Waals surface area contributed by atoms with Crippen molar-refractivity contribution >= 4 is 17.3 Å². The number of hydrogen-bond acceptors (Lipinski definition) is 5. The molecule has 1 aliphatic carbocycles. The Morgan fingerprint density at radius 3 is 2.95 bits per heavy atom. The standard InChI is InChI=1S/C12H16ClN3O4/c13-11-9(16(17)18)7-14-15(11)8-12(4-5-12)20-10-3-1-2-6-19-10/h7,10H,1-6,8H2. The lowest BCUT2D eigenvalue weighted by Crippen LogP contribution is -2.32. The molecule has 2 heterocycles. The molecule has 0 bridgehead atoms. The number of nitrogens with zero attached hydrogens (tertiary/aromatic N) is 3. The third-order valence-corrected chi connectivity index (χ3v) is 4.11. The first-order valence-corrected chi connectivity index (χ1v) is 7.13. The van der Waals surface area contributed by atoms with Gasteiger partial charge in [-0.3, -0.25) is 10.1 Å². The molecule has 20 heavy (non-hydrogen) atoms. The zero-order valence-corrected chi connectivity index (χ0v) is 11.7. The Morgan fingerprint density at radius 1 is 1.60 bits per heavy atom. The van der Waals surface area contributed by atoms with Crippen molar-refractivity contribution in [1.82, 2.24) is 9.78 Å². The summed E-state index contributed by atoms with van der Waals surface area (Å²) in [5, 5.41) is 14.8. The average molecular weight is 302 g/mol. The fourth-order valence-corrected chi connectivity index (χ4v) is 2.62. The fourth-order valence-electron chi connectivity index (χ4n) is 2.40. The van der Waals surface area contributed by atoms with E-state index in [2.05, 4.69) is 5.10 Å². The molecule has 2 fully saturated rings. The van der Waals surface area contributed by atoms with Gasteiger partial charge in [-0.2, -0.15) is 5.10 Å². The van der Waals surface area contributed by atoms with Gasteiger partial charge in [-0.15, -0.1) is 0 Å². The minimum Gasteiger partial charge on any atom is -0.353 e. The second kappa shape index (κ2) is 5.31. The van der Waals surface area contributed by atoms with Crippen LogP contribution in [0.1, 0.15) is 32.1 Å². The molecular weight excluding hydrogens is 286 g/mol. The van der Waals surface area contributed by atoms with Crippen LogP contribution in [0.3, 0.4) is 0 Å². The molecule has 0 N–H and O–H groups in total. The number of nitro groups is 1. The van der Waals surface area contributed by atoms with Crippen LogP contribution >= 0.6 is 11.6 Å². The maximum Gasteiger partial charge on any atom is 0.325 e. The van der Waals surface area contributed by atoms with E-state index < -0.39 is 4.92 Å². The number of hydrogen-bond donors (Lipinski definition) is 0. The lowest BCUT2D eigenvalue weighted by molar-refractivity contribution is -0.384. The number of halogens is 1. The second-order valence-electron chi connectivity index (χ2n) is 5.33. The Hall–Kier alpha value is -1.18. The van der Waals surface area contributed by atoms with E-state index in [-0.39, 0.29) is 22.7 Å². The SMILES string of the molecule is O=[N+]([O-])c1cnn(CC2(OC3CCCCO3)CC2)c1Cl. The van der Waals surface area contributed by atoms with Gasteiger partial charge in [0, 0.05) is 6.61 Å². The molecule has 110 valence electrons. The van der Waals surface area contributed by atoms with Gasteiger partial charge in [-0.05, 0) is 32.1 Å². The highest BCUT2D eigenvalue weighted by Gasteiger charge is 2.47. The monoisotopic (exact) mass is 301 g/mol. The van der Waals surface area contributed by atoms with Gasteiger partial charge in [-0.1, -0.05) is 11.6 Å². The summed E-state index contributed by atoms with van der Waals surface area (Å²) in [6.45, 7) is 1.16. The average Bonchev–Trinajstić information content (AvgIpc) is 3.08. The van der Waals surface area contributed by atoms with Crippen molar-refractivity contribution in [2.75, 3.05) is 6.61 Å². The highest BCUT2D eigenvalue weighted by atomic mass is 35.5. The zero-order chi connectivity index (χ0) is 14.2. The van der Waals surface area contributed by atoms with Crippen molar-refractivity contribution in [2.45, 2.75) is 50.5 Å². The minimum absolute atomic E-state index is 0.0504. The van der Waals surface area contributed by atoms with Crippen LogP contribution in [0.5, 0.6) is 0 Å².